The van der Waals surface area contributed by atoms with Gasteiger partial charge in [0, 0.05) is 48.1 Å². The van der Waals surface area contributed by atoms with Crippen LogP contribution < -0.4 is 23.7 Å². The van der Waals surface area contributed by atoms with Crippen LogP contribution in [-0.4, -0.2) is 159 Å². The zero-order valence-corrected chi connectivity index (χ0v) is 62.2. The second kappa shape index (κ2) is 30.8. The molecule has 4 aliphatic heterocycles. The van der Waals surface area contributed by atoms with Crippen LogP contribution in [0.5, 0.6) is 23.3 Å². The quantitative estimate of drug-likeness (QED) is 0.125. The Hall–Kier alpha value is -7.38. The smallest absolute Gasteiger partial charge is 0.326 e. The summed E-state index contributed by atoms with van der Waals surface area (Å²) in [6, 6.07) is 8.56. The van der Waals surface area contributed by atoms with Gasteiger partial charge in [0.15, 0.2) is 5.78 Å². The van der Waals surface area contributed by atoms with Crippen molar-refractivity contribution in [1.29, 1.82) is 0 Å². The summed E-state index contributed by atoms with van der Waals surface area (Å²) in [5, 5.41) is 10.4. The molecular weight excluding hydrogens is 1360 g/mol. The fourth-order valence-electron chi connectivity index (χ4n) is 16.2. The highest BCUT2D eigenvalue weighted by Crippen LogP contribution is 2.60. The number of carboxylic acid groups (broad SMARTS) is 1. The van der Waals surface area contributed by atoms with Crippen LogP contribution in [0.2, 0.25) is 0 Å². The van der Waals surface area contributed by atoms with E-state index < -0.39 is 144 Å². The van der Waals surface area contributed by atoms with Gasteiger partial charge in [-0.25, -0.2) is 41.9 Å². The Bertz CT molecular complexity index is 4010. The van der Waals surface area contributed by atoms with Crippen LogP contribution in [0.4, 0.5) is 8.78 Å². The van der Waals surface area contributed by atoms with E-state index in [9.17, 15) is 51.1 Å². The Kier molecular flexibility index (Phi) is 23.9. The van der Waals surface area contributed by atoms with Gasteiger partial charge in [0.1, 0.15) is 52.3 Å². The van der Waals surface area contributed by atoms with Crippen molar-refractivity contribution in [3.8, 4) is 23.3 Å². The molecule has 2 aromatic heterocycles. The number of esters is 2. The molecule has 26 heteroatoms. The van der Waals surface area contributed by atoms with Crippen molar-refractivity contribution in [2.75, 3.05) is 27.3 Å². The summed E-state index contributed by atoms with van der Waals surface area (Å²) in [4.78, 5) is 120. The number of amides is 3. The third-order valence-corrected chi connectivity index (χ3v) is 25.8. The van der Waals surface area contributed by atoms with Crippen molar-refractivity contribution in [3.63, 3.8) is 0 Å². The predicted molar refractivity (Wildman–Crippen MR) is 386 cm³/mol. The number of methoxy groups -OCH3 is 2. The maximum absolute atomic E-state index is 15.0. The van der Waals surface area contributed by atoms with Gasteiger partial charge in [-0.05, 0) is 139 Å². The lowest BCUT2D eigenvalue weighted by molar-refractivity contribution is -0.159. The number of ketones is 1. The molecule has 8 aliphatic rings. The molecule has 6 fully saturated rings. The summed E-state index contributed by atoms with van der Waals surface area (Å²) < 4.78 is 92.1. The zero-order valence-electron chi connectivity index (χ0n) is 61.4. The molecule has 2 saturated heterocycles. The molecule has 104 heavy (non-hydrogen) atoms. The van der Waals surface area contributed by atoms with E-state index in [0.717, 1.165) is 75.4 Å². The molecule has 0 radical (unpaired) electrons. The number of Topliss-reactive ketones (excluding diaryl/α,β-unsaturated/α-hetero) is 1. The number of sulfonamides is 1. The number of hydrogen-bond donors (Lipinski definition) is 2. The van der Waals surface area contributed by atoms with Crippen LogP contribution in [0.15, 0.2) is 36.4 Å². The predicted octanol–water partition coefficient (Wildman–Crippen LogP) is 12.8. The monoisotopic (exact) mass is 1470 g/mol. The lowest BCUT2D eigenvalue weighted by Gasteiger charge is -2.35. The normalized spacial score (nSPS) is 30.8. The number of benzene rings is 2. The van der Waals surface area contributed by atoms with Crippen LogP contribution >= 0.6 is 0 Å². The highest BCUT2D eigenvalue weighted by Gasteiger charge is 2.68. The highest BCUT2D eigenvalue weighted by atomic mass is 32.2. The minimum atomic E-state index is -4.20. The Morgan fingerprint density at radius 3 is 1.46 bits per heavy atom. The van der Waals surface area contributed by atoms with E-state index in [-0.39, 0.29) is 64.9 Å². The third kappa shape index (κ3) is 16.9. The molecule has 23 nitrogen and oxygen atoms in total. The number of hydrogen-bond acceptors (Lipinski definition) is 19. The fourth-order valence-corrected chi connectivity index (χ4v) is 17.6. The van der Waals surface area contributed by atoms with Crippen LogP contribution in [-0.2, 0) is 65.9 Å². The topological polar surface area (TPSA) is 299 Å². The van der Waals surface area contributed by atoms with E-state index in [1.165, 1.54) is 16.7 Å². The minimum Gasteiger partial charge on any atom is -0.497 e. The molecule has 0 unspecified atom stereocenters. The van der Waals surface area contributed by atoms with E-state index in [1.54, 1.807) is 32.4 Å². The third-order valence-electron chi connectivity index (χ3n) is 23.6. The van der Waals surface area contributed by atoms with Crippen molar-refractivity contribution in [2.45, 2.75) is 266 Å². The number of carbonyl (C=O) groups excluding carboxylic acids is 6. The minimum absolute atomic E-state index is 0. The molecule has 2 N–H and O–H groups in total. The summed E-state index contributed by atoms with van der Waals surface area (Å²) in [6.45, 7) is 20.3. The Morgan fingerprint density at radius 2 is 1.08 bits per heavy atom. The van der Waals surface area contributed by atoms with E-state index in [4.69, 9.17) is 48.4 Å². The first-order chi connectivity index (χ1) is 48.0. The number of aliphatic carboxylic acids is 1. The van der Waals surface area contributed by atoms with E-state index in [2.05, 4.69) is 0 Å². The van der Waals surface area contributed by atoms with E-state index >= 15 is 4.79 Å². The number of nitrogens with one attached hydrogen (secondary N) is 1. The number of alkyl halides is 2. The average molecular weight is 1470 g/mol. The van der Waals surface area contributed by atoms with Crippen LogP contribution in [0.3, 0.4) is 0 Å². The van der Waals surface area contributed by atoms with E-state index in [0.29, 0.717) is 84.1 Å². The van der Waals surface area contributed by atoms with Gasteiger partial charge < -0.3 is 43.3 Å². The second-order valence-electron chi connectivity index (χ2n) is 33.0. The average Bonchev–Trinajstić information content (AvgIpc) is 1.56. The number of ether oxygens (including phenoxy) is 6. The molecule has 3 amide bonds. The molecule has 2 aromatic carbocycles. The molecule has 4 bridgehead atoms. The largest absolute Gasteiger partial charge is 0.497 e. The van der Waals surface area contributed by atoms with Crippen molar-refractivity contribution < 1.29 is 84.3 Å². The summed E-state index contributed by atoms with van der Waals surface area (Å²) in [5.74, 6) is -6.75. The summed E-state index contributed by atoms with van der Waals surface area (Å²) in [5.41, 5.74) is -0.650. The second-order valence-corrected chi connectivity index (χ2v) is 35.2. The molecule has 574 valence electrons. The first kappa shape index (κ1) is 80.7. The number of carbonyl (C=O) groups is 7. The van der Waals surface area contributed by atoms with Gasteiger partial charge in [-0.3, -0.25) is 33.5 Å². The van der Waals surface area contributed by atoms with Gasteiger partial charge in [0.25, 0.3) is 0 Å². The van der Waals surface area contributed by atoms with Crippen molar-refractivity contribution in [3.05, 3.63) is 47.8 Å². The number of aryl methyl sites for hydroxylation is 2. The summed E-state index contributed by atoms with van der Waals surface area (Å²) in [6.07, 6.45) is 5.61. The number of fused-ring (bicyclic) bond motifs is 10. The van der Waals surface area contributed by atoms with E-state index in [1.807, 2.05) is 92.2 Å². The van der Waals surface area contributed by atoms with Crippen LogP contribution in [0.25, 0.3) is 22.1 Å². The number of nitrogens with zero attached hydrogens (tertiary/aromatic N) is 6. The number of halogens is 2. The number of carboxylic acids is 1. The lowest BCUT2D eigenvalue weighted by Crippen LogP contribution is -2.50. The van der Waals surface area contributed by atoms with Gasteiger partial charge in [-0.1, -0.05) is 95.9 Å². The maximum atomic E-state index is 15.0. The molecule has 4 saturated carbocycles. The Morgan fingerprint density at radius 1 is 0.644 bits per heavy atom. The van der Waals surface area contributed by atoms with Crippen LogP contribution in [0, 0.1) is 57.7 Å². The molecule has 14 atom stereocenters. The molecule has 6 heterocycles. The number of rotatable bonds is 12. The number of aromatic nitrogens is 4. The summed E-state index contributed by atoms with van der Waals surface area (Å²) >= 11 is 0. The maximum Gasteiger partial charge on any atom is 0.326 e. The molecule has 4 aliphatic carbocycles. The SMILES string of the molecule is C.C.CC[C@@H]1[C@@H]2CN(C(=O)[C@H](C(C)(C)C)CC(=O)O[C@]3(C)C[C@H]3CCCCCc3nc4ccc(OC)cc4nc3O2)[C@@H]1C(=O)C[C@]1(C(=O)NS(=O)(=O)C2(C)CC2)C[C@H]1C(F)F.CC[C@@H]1[C@@H]2CN(C(=O)[C@H](C(C)(C)C)CC(=O)O[C@]3(C)C[C@H]3CCCCCc3nc4ccc(OC)cc4nc3O2)[C@@H]1C(=O)O. The summed E-state index contributed by atoms with van der Waals surface area (Å²) in [7, 11) is -1.06. The van der Waals surface area contributed by atoms with Crippen molar-refractivity contribution in [1.82, 2.24) is 34.5 Å². The van der Waals surface area contributed by atoms with Gasteiger partial charge in [0.05, 0.1) is 90.3 Å². The van der Waals surface area contributed by atoms with Crippen molar-refractivity contribution in [2.24, 2.45) is 57.7 Å². The first-order valence-corrected chi connectivity index (χ1v) is 38.2. The van der Waals surface area contributed by atoms with Gasteiger partial charge in [0.2, 0.25) is 45.9 Å². The zero-order chi connectivity index (χ0) is 74.0. The molecule has 12 rings (SSSR count). The molecule has 0 spiro atoms. The van der Waals surface area contributed by atoms with Gasteiger partial charge in [-0.2, -0.15) is 0 Å². The van der Waals surface area contributed by atoms with Crippen molar-refractivity contribution >= 4 is 73.5 Å². The molecular formula is C78H111F2N7O16S. The lowest BCUT2D eigenvalue weighted by atomic mass is 9.77. The molecule has 4 aromatic rings. The Balaban J connectivity index is 0.000000248. The highest BCUT2D eigenvalue weighted by molar-refractivity contribution is 7.91. The Labute approximate surface area is 611 Å². The fraction of sp³-hybridized carbons (Fsp3) is 0.705. The van der Waals surface area contributed by atoms with Gasteiger partial charge in [-0.15, -0.1) is 0 Å². The van der Waals surface area contributed by atoms with Gasteiger partial charge >= 0.3 is 17.9 Å². The first-order valence-electron chi connectivity index (χ1n) is 36.7. The van der Waals surface area contributed by atoms with Crippen LogP contribution in [0.1, 0.15) is 218 Å². The standard InChI is InChI=1S/C43H58F2N4O9S.C33H45N3O7.2CH4/c1-8-26-33-23-49(35(26)32(50)22-43(21-28(43)36(44)45)39(53)48-59(54,55)41(5)16-17-41)38(52)27(40(2,3)4)19-34(51)58-42(6)20-24(42)12-10-9-11-13-30-37(57-33)47-31-18-25(56-7)14-15-29(31)46-30;1-7-21-26-18-36(28(21)31(39)40)30(38)22(32(2,3)4)16-27(37)43-33(5)17-19(33)11-9-8-10-12-24-29(42-26)35-25-15-20(41-6)13-14-23(25)34-24;;/h14-15,18,24,26-28,33,35-36H,8-13,16-17,19-23H2,1-7H3,(H,48,53);13-15,19,21-22,26,28H,7-12,16-18H2,1-6H3,(H,39,40);2*1H4/t24-,26-,27-,28+,33+,35+,42-,43-;19-,21-,22-,26+,28+,33-;;/m11../s1.